The van der Waals surface area contributed by atoms with Crippen molar-refractivity contribution < 1.29 is 8.78 Å². The number of hydrogen-bond donors (Lipinski definition) is 1. The van der Waals surface area contributed by atoms with Crippen molar-refractivity contribution in [3.63, 3.8) is 0 Å². The van der Waals surface area contributed by atoms with Gasteiger partial charge in [0.15, 0.2) is 0 Å². The zero-order valence-electron chi connectivity index (χ0n) is 9.57. The fraction of sp³-hybridized carbons (Fsp3) is 0.333. The lowest BCUT2D eigenvalue weighted by molar-refractivity contribution is 0.637. The van der Waals surface area contributed by atoms with Gasteiger partial charge in [0.05, 0.1) is 11.7 Å². The third kappa shape index (κ3) is 6.66. The highest BCUT2D eigenvalue weighted by atomic mass is 19.1. The van der Waals surface area contributed by atoms with E-state index in [1.54, 1.807) is 26.2 Å². The molecule has 0 aromatic carbocycles. The van der Waals surface area contributed by atoms with Crippen LogP contribution in [0.4, 0.5) is 8.78 Å². The van der Waals surface area contributed by atoms with Crippen molar-refractivity contribution in [2.75, 3.05) is 7.05 Å². The predicted molar refractivity (Wildman–Crippen MR) is 60.6 cm³/mol. The monoisotopic (exact) mass is 213 g/mol. The van der Waals surface area contributed by atoms with E-state index in [9.17, 15) is 8.78 Å². The Bertz CT molecular complexity index is 315. The molecular formula is C12H17F2N. The van der Waals surface area contributed by atoms with Crippen molar-refractivity contribution in [3.8, 4) is 0 Å². The molecule has 0 aromatic heterocycles. The smallest absolute Gasteiger partial charge is 0.0974 e. The maximum absolute atomic E-state index is 12.7. The highest BCUT2D eigenvalue weighted by Crippen LogP contribution is 2.14. The van der Waals surface area contributed by atoms with Crippen LogP contribution in [0.1, 0.15) is 20.8 Å². The van der Waals surface area contributed by atoms with E-state index in [0.29, 0.717) is 11.1 Å². The maximum Gasteiger partial charge on any atom is 0.0974 e. The summed E-state index contributed by atoms with van der Waals surface area (Å²) in [7, 11) is 1.74. The fourth-order valence-corrected chi connectivity index (χ4v) is 1.06. The van der Waals surface area contributed by atoms with E-state index in [2.05, 4.69) is 5.32 Å². The zero-order chi connectivity index (χ0) is 11.8. The summed E-state index contributed by atoms with van der Waals surface area (Å²) in [6.07, 6.45) is 6.09. The average Bonchev–Trinajstić information content (AvgIpc) is 2.10. The Morgan fingerprint density at radius 2 is 1.53 bits per heavy atom. The van der Waals surface area contributed by atoms with E-state index in [-0.39, 0.29) is 11.7 Å². The van der Waals surface area contributed by atoms with Crippen LogP contribution >= 0.6 is 0 Å². The fourth-order valence-electron chi connectivity index (χ4n) is 1.06. The third-order valence-corrected chi connectivity index (χ3v) is 1.65. The molecule has 0 bridgehead atoms. The van der Waals surface area contributed by atoms with Crippen molar-refractivity contribution in [1.82, 2.24) is 5.32 Å². The first kappa shape index (κ1) is 13.6. The number of nitrogens with one attached hydrogen (secondary N) is 1. The Morgan fingerprint density at radius 3 is 1.93 bits per heavy atom. The van der Waals surface area contributed by atoms with Crippen molar-refractivity contribution in [2.24, 2.45) is 0 Å². The lowest BCUT2D eigenvalue weighted by Gasteiger charge is -2.00. The van der Waals surface area contributed by atoms with E-state index in [4.69, 9.17) is 0 Å². The minimum Gasteiger partial charge on any atom is -0.394 e. The highest BCUT2D eigenvalue weighted by Gasteiger charge is 1.96. The van der Waals surface area contributed by atoms with Gasteiger partial charge < -0.3 is 5.32 Å². The molecule has 0 rings (SSSR count). The molecule has 0 fully saturated rings. The molecule has 0 radical (unpaired) electrons. The Hall–Kier alpha value is -1.38. The molecule has 0 aliphatic rings. The first-order valence-corrected chi connectivity index (χ1v) is 4.69. The lowest BCUT2D eigenvalue weighted by Crippen LogP contribution is -1.92. The topological polar surface area (TPSA) is 12.0 Å². The van der Waals surface area contributed by atoms with Crippen LogP contribution in [0.5, 0.6) is 0 Å². The van der Waals surface area contributed by atoms with Crippen LogP contribution < -0.4 is 5.32 Å². The van der Waals surface area contributed by atoms with E-state index in [0.717, 1.165) is 0 Å². The largest absolute Gasteiger partial charge is 0.394 e. The van der Waals surface area contributed by atoms with Crippen LogP contribution in [0.2, 0.25) is 0 Å². The SMILES string of the molecule is CN/C=C/C(/C=C(\C)F)=C(C)/C=C(\C)F. The number of hydrogen-bond acceptors (Lipinski definition) is 1. The van der Waals surface area contributed by atoms with E-state index < -0.39 is 0 Å². The van der Waals surface area contributed by atoms with Crippen LogP contribution in [-0.2, 0) is 0 Å². The van der Waals surface area contributed by atoms with Crippen LogP contribution in [0.25, 0.3) is 0 Å². The molecule has 0 heterocycles. The Balaban J connectivity index is 5.16. The molecule has 0 aliphatic carbocycles. The molecule has 3 heteroatoms. The second kappa shape index (κ2) is 6.98. The molecule has 0 unspecified atom stereocenters. The second-order valence-electron chi connectivity index (χ2n) is 3.22. The molecule has 0 amide bonds. The summed E-state index contributed by atoms with van der Waals surface area (Å²) in [6, 6.07) is 0. The third-order valence-electron chi connectivity index (χ3n) is 1.65. The van der Waals surface area contributed by atoms with Crippen LogP contribution in [0.3, 0.4) is 0 Å². The van der Waals surface area contributed by atoms with Gasteiger partial charge in [0.1, 0.15) is 0 Å². The molecular weight excluding hydrogens is 196 g/mol. The van der Waals surface area contributed by atoms with Crippen LogP contribution in [-0.4, -0.2) is 7.05 Å². The molecule has 1 N–H and O–H groups in total. The lowest BCUT2D eigenvalue weighted by atomic mass is 10.1. The minimum atomic E-state index is -0.310. The minimum absolute atomic E-state index is 0.298. The van der Waals surface area contributed by atoms with Gasteiger partial charge in [-0.2, -0.15) is 0 Å². The van der Waals surface area contributed by atoms with E-state index >= 15 is 0 Å². The van der Waals surface area contributed by atoms with Gasteiger partial charge in [-0.05, 0) is 56.3 Å². The van der Waals surface area contributed by atoms with Crippen molar-refractivity contribution >= 4 is 0 Å². The first-order chi connectivity index (χ1) is 6.97. The summed E-state index contributed by atoms with van der Waals surface area (Å²) in [4.78, 5) is 0. The van der Waals surface area contributed by atoms with Crippen LogP contribution in [0, 0.1) is 0 Å². The van der Waals surface area contributed by atoms with Gasteiger partial charge >= 0.3 is 0 Å². The average molecular weight is 213 g/mol. The number of rotatable bonds is 4. The maximum atomic E-state index is 12.7. The summed E-state index contributed by atoms with van der Waals surface area (Å²) in [5.74, 6) is -0.609. The van der Waals surface area contributed by atoms with Gasteiger partial charge in [0.2, 0.25) is 0 Å². The Labute approximate surface area is 89.9 Å². The summed E-state index contributed by atoms with van der Waals surface area (Å²) < 4.78 is 25.4. The van der Waals surface area contributed by atoms with Gasteiger partial charge in [-0.25, -0.2) is 8.78 Å². The summed E-state index contributed by atoms with van der Waals surface area (Å²) >= 11 is 0. The molecule has 1 nitrogen and oxygen atoms in total. The van der Waals surface area contributed by atoms with Gasteiger partial charge in [-0.3, -0.25) is 0 Å². The van der Waals surface area contributed by atoms with Crippen LogP contribution in [0.15, 0.2) is 47.2 Å². The Kier molecular flexibility index (Phi) is 6.34. The van der Waals surface area contributed by atoms with Gasteiger partial charge in [0.25, 0.3) is 0 Å². The molecule has 0 saturated carbocycles. The molecule has 0 saturated heterocycles. The number of allylic oxidation sites excluding steroid dienone is 7. The second-order valence-corrected chi connectivity index (χ2v) is 3.22. The first-order valence-electron chi connectivity index (χ1n) is 4.69. The Morgan fingerprint density at radius 1 is 1.00 bits per heavy atom. The molecule has 0 aromatic rings. The standard InChI is InChI=1S/C12H17F2N/c1-9(7-10(2)13)12(5-6-15-4)8-11(3)14/h5-8,15H,1-4H3/b6-5+,10-7+,11-8+,12-9-. The van der Waals surface area contributed by atoms with Gasteiger partial charge in [0, 0.05) is 7.05 Å². The molecule has 0 aliphatic heterocycles. The summed E-state index contributed by atoms with van der Waals surface area (Å²) in [5, 5.41) is 2.80. The van der Waals surface area contributed by atoms with Crippen molar-refractivity contribution in [1.29, 1.82) is 0 Å². The van der Waals surface area contributed by atoms with Gasteiger partial charge in [-0.1, -0.05) is 0 Å². The van der Waals surface area contributed by atoms with E-state index in [1.807, 2.05) is 0 Å². The summed E-state index contributed by atoms with van der Waals surface area (Å²) in [5.41, 5.74) is 1.32. The molecule has 15 heavy (non-hydrogen) atoms. The molecule has 0 atom stereocenters. The zero-order valence-corrected chi connectivity index (χ0v) is 9.57. The van der Waals surface area contributed by atoms with E-state index in [1.165, 1.54) is 26.0 Å². The van der Waals surface area contributed by atoms with Gasteiger partial charge in [-0.15, -0.1) is 0 Å². The molecule has 0 spiro atoms. The quantitative estimate of drug-likeness (QED) is 0.701. The predicted octanol–water partition coefficient (Wildman–Crippen LogP) is 3.78. The highest BCUT2D eigenvalue weighted by molar-refractivity contribution is 5.40. The molecule has 84 valence electrons. The normalized spacial score (nSPS) is 15.6. The number of halogens is 2. The van der Waals surface area contributed by atoms with Crippen molar-refractivity contribution in [2.45, 2.75) is 20.8 Å². The summed E-state index contributed by atoms with van der Waals surface area (Å²) in [6.45, 7) is 4.44. The van der Waals surface area contributed by atoms with Crippen molar-refractivity contribution in [3.05, 3.63) is 47.2 Å².